The molecule has 268 valence electrons. The quantitative estimate of drug-likeness (QED) is 0.253. The molecule has 1 unspecified atom stereocenters. The average molecular weight is 708 g/mol. The van der Waals surface area contributed by atoms with Gasteiger partial charge in [-0.05, 0) is 82.1 Å². The van der Waals surface area contributed by atoms with Crippen LogP contribution in [0.3, 0.4) is 0 Å². The highest BCUT2D eigenvalue weighted by molar-refractivity contribution is 6.34. The summed E-state index contributed by atoms with van der Waals surface area (Å²) >= 11 is 6.69. The number of nitrogens with zero attached hydrogens (tertiary/aromatic N) is 4. The minimum atomic E-state index is -1.41. The molecular formula is C38H47ClFN5O5. The summed E-state index contributed by atoms with van der Waals surface area (Å²) in [5.74, 6) is -3.92. The second-order valence-corrected chi connectivity index (χ2v) is 15.3. The molecule has 2 saturated heterocycles. The minimum absolute atomic E-state index is 0.125. The van der Waals surface area contributed by atoms with Crippen molar-refractivity contribution in [3.05, 3.63) is 64.6 Å². The van der Waals surface area contributed by atoms with E-state index in [1.165, 1.54) is 25.0 Å². The van der Waals surface area contributed by atoms with E-state index in [1.54, 1.807) is 6.20 Å². The van der Waals surface area contributed by atoms with Crippen LogP contribution in [0, 0.1) is 11.7 Å². The highest BCUT2D eigenvalue weighted by Crippen LogP contribution is 2.43. The van der Waals surface area contributed by atoms with Crippen molar-refractivity contribution in [1.82, 2.24) is 19.3 Å². The van der Waals surface area contributed by atoms with Crippen molar-refractivity contribution in [2.24, 2.45) is 13.0 Å². The lowest BCUT2D eigenvalue weighted by Gasteiger charge is -2.52. The number of piperazine rings is 1. The fourth-order valence-corrected chi connectivity index (χ4v) is 8.55. The van der Waals surface area contributed by atoms with Crippen molar-refractivity contribution in [3.63, 3.8) is 0 Å². The van der Waals surface area contributed by atoms with Gasteiger partial charge in [0.1, 0.15) is 5.82 Å². The van der Waals surface area contributed by atoms with Gasteiger partial charge in [0.2, 0.25) is 5.85 Å². The molecule has 10 nitrogen and oxygen atoms in total. The van der Waals surface area contributed by atoms with E-state index in [0.29, 0.717) is 57.4 Å². The predicted molar refractivity (Wildman–Crippen MR) is 190 cm³/mol. The molecule has 1 amide bonds. The lowest BCUT2D eigenvalue weighted by atomic mass is 9.87. The number of aromatic nitrogens is 1. The third-order valence-corrected chi connectivity index (χ3v) is 11.9. The van der Waals surface area contributed by atoms with E-state index in [1.807, 2.05) is 35.9 Å². The Labute approximate surface area is 297 Å². The molecule has 2 aromatic carbocycles. The molecule has 4 aliphatic rings. The molecule has 2 aliphatic heterocycles. The molecule has 12 heteroatoms. The average Bonchev–Trinajstić information content (AvgIpc) is 3.47. The number of amides is 1. The fraction of sp³-hybridized carbons (Fsp3) is 0.553. The molecule has 1 aromatic heterocycles. The number of para-hydroxylation sites is 1. The smallest absolute Gasteiger partial charge is 0.306 e. The van der Waals surface area contributed by atoms with Crippen molar-refractivity contribution >= 4 is 45.9 Å². The number of nitrogens with one attached hydrogen (secondary N) is 1. The minimum Gasteiger partial charge on any atom is -0.481 e. The number of rotatable bonds is 11. The van der Waals surface area contributed by atoms with Crippen molar-refractivity contribution in [1.29, 1.82) is 0 Å². The van der Waals surface area contributed by atoms with E-state index < -0.39 is 29.5 Å². The summed E-state index contributed by atoms with van der Waals surface area (Å²) in [5.41, 5.74) is 1.81. The summed E-state index contributed by atoms with van der Waals surface area (Å²) < 4.78 is 24.8. The Kier molecular flexibility index (Phi) is 9.81. The first-order valence-corrected chi connectivity index (χ1v) is 18.4. The number of anilines is 1. The third kappa shape index (κ3) is 6.70. The highest BCUT2D eigenvalue weighted by Gasteiger charge is 2.54. The van der Waals surface area contributed by atoms with Gasteiger partial charge in [0, 0.05) is 75.4 Å². The van der Waals surface area contributed by atoms with E-state index in [2.05, 4.69) is 26.9 Å². The molecule has 4 fully saturated rings. The predicted octanol–water partition coefficient (Wildman–Crippen LogP) is 5.91. The molecule has 2 aliphatic carbocycles. The number of carbonyl (C=O) groups excluding carboxylic acids is 2. The molecule has 7 rings (SSSR count). The molecule has 2 N–H and O–H groups in total. The first kappa shape index (κ1) is 35.1. The molecule has 0 radical (unpaired) electrons. The van der Waals surface area contributed by atoms with Crippen LogP contribution in [0.2, 0.25) is 5.02 Å². The van der Waals surface area contributed by atoms with E-state index in [-0.39, 0.29) is 40.1 Å². The number of halogens is 2. The van der Waals surface area contributed by atoms with Crippen molar-refractivity contribution < 1.29 is 28.6 Å². The largest absolute Gasteiger partial charge is 0.481 e. The summed E-state index contributed by atoms with van der Waals surface area (Å²) in [5, 5.41) is 13.3. The number of carboxylic acid groups (broad SMARTS) is 1. The first-order valence-electron chi connectivity index (χ1n) is 18.0. The normalized spacial score (nSPS) is 24.2. The maximum atomic E-state index is 16.0. The molecule has 2 saturated carbocycles. The van der Waals surface area contributed by atoms with Crippen molar-refractivity contribution in [3.8, 4) is 0 Å². The molecule has 1 atom stereocenters. The lowest BCUT2D eigenvalue weighted by molar-refractivity contribution is -0.261. The second kappa shape index (κ2) is 14.0. The van der Waals surface area contributed by atoms with E-state index in [9.17, 15) is 19.5 Å². The summed E-state index contributed by atoms with van der Waals surface area (Å²) in [6.45, 7) is 6.52. The van der Waals surface area contributed by atoms with Crippen LogP contribution >= 0.6 is 11.6 Å². The zero-order valence-electron chi connectivity index (χ0n) is 28.9. The van der Waals surface area contributed by atoms with Crippen molar-refractivity contribution in [2.75, 3.05) is 44.6 Å². The van der Waals surface area contributed by atoms with Gasteiger partial charge in [-0.15, -0.1) is 0 Å². The van der Waals surface area contributed by atoms with Gasteiger partial charge in [-0.3, -0.25) is 29.1 Å². The van der Waals surface area contributed by atoms with Gasteiger partial charge < -0.3 is 19.7 Å². The van der Waals surface area contributed by atoms with Gasteiger partial charge in [-0.2, -0.15) is 0 Å². The van der Waals surface area contributed by atoms with Crippen LogP contribution in [0.1, 0.15) is 74.2 Å². The number of ether oxygens (including phenoxy) is 1. The number of hydrogen-bond donors (Lipinski definition) is 2. The Bertz CT molecular complexity index is 1770. The SMILES string of the molecule is Cn1cc(C(=O)Nc2cc(F)c(CC(=O)C(OC3CCC(C(=O)O)CC3)(N3CCCC3)N3CCN(C4(C)CC4)CC3)cc2Cl)c2ccccc21. The van der Waals surface area contributed by atoms with E-state index in [0.717, 1.165) is 36.8 Å². The Morgan fingerprint density at radius 1 is 1.00 bits per heavy atom. The van der Waals surface area contributed by atoms with Gasteiger partial charge in [0.25, 0.3) is 5.91 Å². The van der Waals surface area contributed by atoms with Gasteiger partial charge in [-0.1, -0.05) is 29.8 Å². The number of likely N-dealkylation sites (tertiary alicyclic amines) is 1. The molecule has 3 heterocycles. The van der Waals surface area contributed by atoms with E-state index >= 15 is 4.39 Å². The third-order valence-electron chi connectivity index (χ3n) is 11.6. The number of fused-ring (bicyclic) bond motifs is 1. The number of aliphatic carboxylic acids is 1. The standard InChI is InChI=1S/C38H47ClFN5O5/c1-37(13-14-37)43-17-19-45(20-18-43)38(44-15-5-6-16-44,50-27-11-9-25(10-12-27)36(48)49)34(46)22-26-21-30(39)32(23-31(26)40)41-35(47)29-24-42(2)33-8-4-3-7-28(29)33/h3-4,7-8,21,23-25,27H,5-6,9-20,22H2,1-2H3,(H,41,47)(H,48,49). The molecule has 0 bridgehead atoms. The summed E-state index contributed by atoms with van der Waals surface area (Å²) in [6.07, 6.45) is 7.45. The zero-order valence-corrected chi connectivity index (χ0v) is 29.7. The Hall–Kier alpha value is -3.35. The van der Waals surface area contributed by atoms with Crippen LogP contribution in [0.5, 0.6) is 0 Å². The number of hydrogen-bond acceptors (Lipinski definition) is 7. The maximum absolute atomic E-state index is 16.0. The number of aryl methyl sites for hydroxylation is 1. The van der Waals surface area contributed by atoms with Gasteiger partial charge in [-0.25, -0.2) is 4.39 Å². The van der Waals surface area contributed by atoms with Crippen molar-refractivity contribution in [2.45, 2.75) is 82.2 Å². The van der Waals surface area contributed by atoms with E-state index in [4.69, 9.17) is 16.3 Å². The number of benzene rings is 2. The Balaban J connectivity index is 1.16. The molecule has 0 spiro atoms. The Morgan fingerprint density at radius 2 is 1.66 bits per heavy atom. The lowest BCUT2D eigenvalue weighted by Crippen LogP contribution is -2.71. The van der Waals surface area contributed by atoms with Crippen LogP contribution < -0.4 is 5.32 Å². The number of Topliss-reactive ketones (excluding diaryl/α,β-unsaturated/α-hetero) is 1. The monoisotopic (exact) mass is 707 g/mol. The number of ketones is 1. The first-order chi connectivity index (χ1) is 24.0. The zero-order chi connectivity index (χ0) is 35.2. The second-order valence-electron chi connectivity index (χ2n) is 14.9. The van der Waals surface area contributed by atoms with Crippen LogP contribution in [-0.4, -0.2) is 98.8 Å². The molecule has 3 aromatic rings. The summed E-state index contributed by atoms with van der Waals surface area (Å²) in [4.78, 5) is 46.7. The fourth-order valence-electron chi connectivity index (χ4n) is 8.31. The van der Waals surface area contributed by atoms with Gasteiger partial charge >= 0.3 is 5.97 Å². The summed E-state index contributed by atoms with van der Waals surface area (Å²) in [6, 6.07) is 10.2. The Morgan fingerprint density at radius 3 is 2.32 bits per heavy atom. The molecular weight excluding hydrogens is 661 g/mol. The number of carbonyl (C=O) groups is 3. The van der Waals surface area contributed by atoms with Gasteiger partial charge in [0.05, 0.1) is 28.3 Å². The topological polar surface area (TPSA) is 107 Å². The van der Waals surface area contributed by atoms with Crippen LogP contribution in [0.4, 0.5) is 10.1 Å². The molecule has 50 heavy (non-hydrogen) atoms. The maximum Gasteiger partial charge on any atom is 0.306 e. The summed E-state index contributed by atoms with van der Waals surface area (Å²) in [7, 11) is 1.86. The van der Waals surface area contributed by atoms with Crippen LogP contribution in [-0.2, 0) is 27.8 Å². The van der Waals surface area contributed by atoms with Crippen LogP contribution in [0.25, 0.3) is 10.9 Å². The van der Waals surface area contributed by atoms with Crippen LogP contribution in [0.15, 0.2) is 42.6 Å². The number of carboxylic acids is 1. The van der Waals surface area contributed by atoms with Gasteiger partial charge in [0.15, 0.2) is 5.78 Å². The highest BCUT2D eigenvalue weighted by atomic mass is 35.5.